The molecule has 162 valence electrons. The van der Waals surface area contributed by atoms with Crippen LogP contribution in [0.3, 0.4) is 0 Å². The first-order valence-corrected chi connectivity index (χ1v) is 10.8. The van der Waals surface area contributed by atoms with Gasteiger partial charge in [0.1, 0.15) is 6.10 Å². The highest BCUT2D eigenvalue weighted by Gasteiger charge is 2.30. The molecule has 8 heteroatoms. The summed E-state index contributed by atoms with van der Waals surface area (Å²) in [4.78, 5) is 24.2. The molecule has 0 bridgehead atoms. The SMILES string of the molecule is CCNC(=NCCN1CCC(C)CC1)N1CCN(C(=O)C2CCCO2)CC1.I. The summed E-state index contributed by atoms with van der Waals surface area (Å²) < 4.78 is 5.55. The zero-order valence-corrected chi connectivity index (χ0v) is 19.9. The predicted octanol–water partition coefficient (Wildman–Crippen LogP) is 1.63. The molecule has 3 saturated heterocycles. The van der Waals surface area contributed by atoms with Crippen LogP contribution in [0.25, 0.3) is 0 Å². The van der Waals surface area contributed by atoms with Crippen molar-refractivity contribution in [2.45, 2.75) is 45.6 Å². The van der Waals surface area contributed by atoms with Crippen molar-refractivity contribution >= 4 is 35.8 Å². The fourth-order valence-corrected chi connectivity index (χ4v) is 4.12. The Labute approximate surface area is 187 Å². The number of hydrogen-bond donors (Lipinski definition) is 1. The Morgan fingerprint density at radius 2 is 1.75 bits per heavy atom. The van der Waals surface area contributed by atoms with Crippen LogP contribution in [0, 0.1) is 5.92 Å². The van der Waals surface area contributed by atoms with E-state index >= 15 is 0 Å². The first kappa shape index (κ1) is 23.7. The molecule has 3 aliphatic heterocycles. The quantitative estimate of drug-likeness (QED) is 0.348. The summed E-state index contributed by atoms with van der Waals surface area (Å²) in [5.74, 6) is 2.04. The summed E-state index contributed by atoms with van der Waals surface area (Å²) in [5, 5.41) is 3.43. The van der Waals surface area contributed by atoms with Gasteiger partial charge in [-0.1, -0.05) is 6.92 Å². The first-order chi connectivity index (χ1) is 13.2. The number of piperidine rings is 1. The molecule has 1 atom stereocenters. The molecule has 0 aromatic carbocycles. The number of amides is 1. The summed E-state index contributed by atoms with van der Waals surface area (Å²) >= 11 is 0. The molecule has 1 amide bonds. The van der Waals surface area contributed by atoms with Gasteiger partial charge >= 0.3 is 0 Å². The van der Waals surface area contributed by atoms with Crippen LogP contribution in [0.2, 0.25) is 0 Å². The number of carbonyl (C=O) groups excluding carboxylic acids is 1. The normalized spacial score (nSPS) is 24.9. The lowest BCUT2D eigenvalue weighted by Crippen LogP contribution is -2.55. The van der Waals surface area contributed by atoms with E-state index < -0.39 is 0 Å². The minimum atomic E-state index is -0.203. The van der Waals surface area contributed by atoms with Crippen molar-refractivity contribution in [3.63, 3.8) is 0 Å². The van der Waals surface area contributed by atoms with E-state index in [-0.39, 0.29) is 36.0 Å². The van der Waals surface area contributed by atoms with E-state index in [2.05, 4.69) is 29.0 Å². The van der Waals surface area contributed by atoms with Crippen molar-refractivity contribution < 1.29 is 9.53 Å². The molecule has 0 spiro atoms. The first-order valence-electron chi connectivity index (χ1n) is 10.8. The van der Waals surface area contributed by atoms with E-state index in [1.54, 1.807) is 0 Å². The van der Waals surface area contributed by atoms with Crippen molar-refractivity contribution in [2.75, 3.05) is 65.5 Å². The molecule has 3 rings (SSSR count). The number of hydrogen-bond acceptors (Lipinski definition) is 4. The number of aliphatic imine (C=N–C) groups is 1. The van der Waals surface area contributed by atoms with Crippen LogP contribution < -0.4 is 5.32 Å². The van der Waals surface area contributed by atoms with Gasteiger partial charge < -0.3 is 24.8 Å². The number of halogens is 1. The molecular weight excluding hydrogens is 469 g/mol. The van der Waals surface area contributed by atoms with Crippen LogP contribution in [0.1, 0.15) is 39.5 Å². The van der Waals surface area contributed by atoms with Crippen LogP contribution in [0.15, 0.2) is 4.99 Å². The molecule has 0 aromatic rings. The largest absolute Gasteiger partial charge is 0.368 e. The van der Waals surface area contributed by atoms with Crippen molar-refractivity contribution in [3.05, 3.63) is 0 Å². The molecule has 28 heavy (non-hydrogen) atoms. The van der Waals surface area contributed by atoms with Crippen LogP contribution in [-0.4, -0.2) is 98.2 Å². The summed E-state index contributed by atoms with van der Waals surface area (Å²) in [6.45, 7) is 13.5. The average Bonchev–Trinajstić information content (AvgIpc) is 3.23. The molecule has 3 aliphatic rings. The zero-order valence-electron chi connectivity index (χ0n) is 17.6. The summed E-state index contributed by atoms with van der Waals surface area (Å²) in [7, 11) is 0. The summed E-state index contributed by atoms with van der Waals surface area (Å²) in [6.07, 6.45) is 4.29. The van der Waals surface area contributed by atoms with Gasteiger partial charge in [-0.05, 0) is 51.6 Å². The van der Waals surface area contributed by atoms with Gasteiger partial charge in [-0.25, -0.2) is 0 Å². The van der Waals surface area contributed by atoms with Gasteiger partial charge in [0.05, 0.1) is 6.54 Å². The fourth-order valence-electron chi connectivity index (χ4n) is 4.12. The maximum atomic E-state index is 12.5. The molecule has 0 saturated carbocycles. The van der Waals surface area contributed by atoms with E-state index in [9.17, 15) is 4.79 Å². The van der Waals surface area contributed by atoms with E-state index in [4.69, 9.17) is 9.73 Å². The number of likely N-dealkylation sites (tertiary alicyclic amines) is 1. The topological polar surface area (TPSA) is 60.4 Å². The lowest BCUT2D eigenvalue weighted by atomic mass is 9.99. The second-order valence-corrected chi connectivity index (χ2v) is 8.07. The number of guanidine groups is 1. The van der Waals surface area contributed by atoms with E-state index in [1.165, 1.54) is 25.9 Å². The highest BCUT2D eigenvalue weighted by Crippen LogP contribution is 2.17. The molecule has 3 fully saturated rings. The lowest BCUT2D eigenvalue weighted by Gasteiger charge is -2.37. The van der Waals surface area contributed by atoms with Crippen molar-refractivity contribution in [3.8, 4) is 0 Å². The van der Waals surface area contributed by atoms with Gasteiger partial charge in [0.15, 0.2) is 5.96 Å². The Kier molecular flexibility index (Phi) is 10.3. The Balaban J connectivity index is 0.00000280. The molecule has 7 nitrogen and oxygen atoms in total. The summed E-state index contributed by atoms with van der Waals surface area (Å²) in [5.41, 5.74) is 0. The molecule has 1 unspecified atom stereocenters. The lowest BCUT2D eigenvalue weighted by molar-refractivity contribution is -0.142. The Hall–Kier alpha value is -0.610. The fraction of sp³-hybridized carbons (Fsp3) is 0.900. The second-order valence-electron chi connectivity index (χ2n) is 8.07. The number of rotatable bonds is 5. The van der Waals surface area contributed by atoms with Gasteiger partial charge in [0.25, 0.3) is 5.91 Å². The molecule has 0 aliphatic carbocycles. The van der Waals surface area contributed by atoms with Gasteiger partial charge in [-0.2, -0.15) is 0 Å². The maximum Gasteiger partial charge on any atom is 0.251 e. The summed E-state index contributed by atoms with van der Waals surface area (Å²) in [6, 6.07) is 0. The van der Waals surface area contributed by atoms with Gasteiger partial charge in [0.2, 0.25) is 0 Å². The van der Waals surface area contributed by atoms with Crippen LogP contribution in [0.4, 0.5) is 0 Å². The molecule has 3 heterocycles. The smallest absolute Gasteiger partial charge is 0.251 e. The monoisotopic (exact) mass is 507 g/mol. The molecule has 0 aromatic heterocycles. The van der Waals surface area contributed by atoms with E-state index in [0.29, 0.717) is 0 Å². The zero-order chi connectivity index (χ0) is 19.1. The third-order valence-electron chi connectivity index (χ3n) is 5.98. The number of carbonyl (C=O) groups is 1. The standard InChI is InChI=1S/C20H37N5O2.HI/c1-3-21-20(22-8-11-23-9-6-17(2)7-10-23)25-14-12-24(13-15-25)19(26)18-5-4-16-27-18;/h17-18H,3-16H2,1-2H3,(H,21,22);1H. The highest BCUT2D eigenvalue weighted by molar-refractivity contribution is 14.0. The average molecular weight is 507 g/mol. The number of ether oxygens (including phenoxy) is 1. The number of piperazine rings is 1. The molecular formula is C20H38IN5O2. The van der Waals surface area contributed by atoms with Crippen molar-refractivity contribution in [1.29, 1.82) is 0 Å². The predicted molar refractivity (Wildman–Crippen MR) is 123 cm³/mol. The molecule has 0 radical (unpaired) electrons. The Morgan fingerprint density at radius 1 is 1.07 bits per heavy atom. The Bertz CT molecular complexity index is 497. The van der Waals surface area contributed by atoms with Gasteiger partial charge in [-0.15, -0.1) is 24.0 Å². The van der Waals surface area contributed by atoms with Crippen LogP contribution in [-0.2, 0) is 9.53 Å². The van der Waals surface area contributed by atoms with Crippen molar-refractivity contribution in [2.24, 2.45) is 10.9 Å². The van der Waals surface area contributed by atoms with Crippen molar-refractivity contribution in [1.82, 2.24) is 20.0 Å². The van der Waals surface area contributed by atoms with E-state index in [1.807, 2.05) is 4.90 Å². The number of nitrogens with zero attached hydrogens (tertiary/aromatic N) is 4. The Morgan fingerprint density at radius 3 is 2.36 bits per heavy atom. The van der Waals surface area contributed by atoms with Gasteiger partial charge in [-0.3, -0.25) is 9.79 Å². The number of nitrogens with one attached hydrogen (secondary N) is 1. The van der Waals surface area contributed by atoms with Crippen LogP contribution in [0.5, 0.6) is 0 Å². The molecule has 1 N–H and O–H groups in total. The second kappa shape index (κ2) is 12.2. The third kappa shape index (κ3) is 6.73. The minimum Gasteiger partial charge on any atom is -0.368 e. The minimum absolute atomic E-state index is 0. The highest BCUT2D eigenvalue weighted by atomic mass is 127. The third-order valence-corrected chi connectivity index (χ3v) is 5.98. The van der Waals surface area contributed by atoms with E-state index in [0.717, 1.165) is 77.1 Å². The van der Waals surface area contributed by atoms with Crippen LogP contribution >= 0.6 is 24.0 Å². The maximum absolute atomic E-state index is 12.5. The van der Waals surface area contributed by atoms with Gasteiger partial charge in [0, 0.05) is 45.9 Å².